The Balaban J connectivity index is 2.12. The Bertz CT molecular complexity index is 1210. The van der Waals surface area contributed by atoms with Gasteiger partial charge in [-0.1, -0.05) is 41.9 Å². The van der Waals surface area contributed by atoms with Crippen molar-refractivity contribution in [3.05, 3.63) is 91.3 Å². The fourth-order valence-corrected chi connectivity index (χ4v) is 3.32. The standard InChI is InChI=1S/C21H20ClFN4O4/c1-31-10-9-26(20(29)15-8-7-14(23)11-16(15)22)17-18(24)27(21(30)25-19(17)28)12-13-5-3-2-4-6-13/h2-8,11H,9-10,12,24H2,1H3,(H,25,28,30). The highest BCUT2D eigenvalue weighted by atomic mass is 35.5. The quantitative estimate of drug-likeness (QED) is 0.578. The average Bonchev–Trinajstić information content (AvgIpc) is 2.73. The number of halogens is 2. The van der Waals surface area contributed by atoms with E-state index in [1.54, 1.807) is 24.3 Å². The summed E-state index contributed by atoms with van der Waals surface area (Å²) in [6.45, 7) is 0.0972. The van der Waals surface area contributed by atoms with Gasteiger partial charge >= 0.3 is 5.69 Å². The van der Waals surface area contributed by atoms with E-state index in [4.69, 9.17) is 22.1 Å². The molecule has 0 aliphatic rings. The number of carbonyl (C=O) groups is 1. The monoisotopic (exact) mass is 446 g/mol. The lowest BCUT2D eigenvalue weighted by Gasteiger charge is -2.24. The van der Waals surface area contributed by atoms with Gasteiger partial charge in [-0.2, -0.15) is 0 Å². The van der Waals surface area contributed by atoms with Crippen LogP contribution in [0, 0.1) is 5.82 Å². The van der Waals surface area contributed by atoms with Gasteiger partial charge in [0, 0.05) is 13.7 Å². The maximum atomic E-state index is 13.4. The fourth-order valence-electron chi connectivity index (χ4n) is 3.07. The van der Waals surface area contributed by atoms with Gasteiger partial charge in [-0.25, -0.2) is 9.18 Å². The summed E-state index contributed by atoms with van der Waals surface area (Å²) in [5.74, 6) is -1.50. The van der Waals surface area contributed by atoms with Crippen LogP contribution in [-0.4, -0.2) is 35.7 Å². The van der Waals surface area contributed by atoms with E-state index in [1.807, 2.05) is 6.07 Å². The van der Waals surface area contributed by atoms with E-state index >= 15 is 0 Å². The van der Waals surface area contributed by atoms with Crippen LogP contribution in [0.5, 0.6) is 0 Å². The Morgan fingerprint density at radius 3 is 2.58 bits per heavy atom. The molecule has 0 saturated carbocycles. The summed E-state index contributed by atoms with van der Waals surface area (Å²) < 4.78 is 19.6. The van der Waals surface area contributed by atoms with Crippen LogP contribution in [0.4, 0.5) is 15.9 Å². The van der Waals surface area contributed by atoms with Crippen LogP contribution in [0.3, 0.4) is 0 Å². The first-order valence-corrected chi connectivity index (χ1v) is 9.63. The number of hydrogen-bond donors (Lipinski definition) is 2. The molecule has 2 aromatic carbocycles. The van der Waals surface area contributed by atoms with Gasteiger partial charge in [-0.05, 0) is 23.8 Å². The van der Waals surface area contributed by atoms with Gasteiger partial charge in [0.1, 0.15) is 11.6 Å². The second-order valence-electron chi connectivity index (χ2n) is 6.64. The molecule has 3 rings (SSSR count). The number of benzene rings is 2. The number of rotatable bonds is 7. The Morgan fingerprint density at radius 2 is 1.94 bits per heavy atom. The summed E-state index contributed by atoms with van der Waals surface area (Å²) >= 11 is 6.04. The number of anilines is 2. The zero-order chi connectivity index (χ0) is 22.5. The number of H-pyrrole nitrogens is 1. The SMILES string of the molecule is COCCN(C(=O)c1ccc(F)cc1Cl)c1c(N)n(Cc2ccccc2)c(=O)[nH]c1=O. The van der Waals surface area contributed by atoms with Crippen LogP contribution < -0.4 is 21.9 Å². The zero-order valence-corrected chi connectivity index (χ0v) is 17.4. The van der Waals surface area contributed by atoms with Crippen molar-refractivity contribution >= 4 is 29.0 Å². The molecule has 0 fully saturated rings. The van der Waals surface area contributed by atoms with Crippen LogP contribution in [0.15, 0.2) is 58.1 Å². The predicted octanol–water partition coefficient (Wildman–Crippen LogP) is 2.25. The second kappa shape index (κ2) is 9.59. The summed E-state index contributed by atoms with van der Waals surface area (Å²) in [6, 6.07) is 12.3. The summed E-state index contributed by atoms with van der Waals surface area (Å²) in [6.07, 6.45) is 0. The number of nitrogen functional groups attached to an aromatic ring is 1. The Kier molecular flexibility index (Phi) is 6.88. The van der Waals surface area contributed by atoms with Crippen molar-refractivity contribution in [1.29, 1.82) is 0 Å². The highest BCUT2D eigenvalue weighted by Gasteiger charge is 2.26. The third kappa shape index (κ3) is 4.84. The number of hydrogen-bond acceptors (Lipinski definition) is 5. The van der Waals surface area contributed by atoms with Crippen LogP contribution >= 0.6 is 11.6 Å². The fraction of sp³-hybridized carbons (Fsp3) is 0.190. The molecular formula is C21H20ClFN4O4. The van der Waals surface area contributed by atoms with Crippen molar-refractivity contribution in [3.8, 4) is 0 Å². The lowest BCUT2D eigenvalue weighted by atomic mass is 10.1. The molecule has 31 heavy (non-hydrogen) atoms. The molecule has 1 amide bonds. The Morgan fingerprint density at radius 1 is 1.23 bits per heavy atom. The summed E-state index contributed by atoms with van der Waals surface area (Å²) in [5, 5.41) is -0.125. The maximum Gasteiger partial charge on any atom is 0.330 e. The first-order valence-electron chi connectivity index (χ1n) is 9.26. The van der Waals surface area contributed by atoms with E-state index < -0.39 is 23.0 Å². The number of ether oxygens (including phenoxy) is 1. The lowest BCUT2D eigenvalue weighted by molar-refractivity contribution is 0.0975. The van der Waals surface area contributed by atoms with Gasteiger partial charge in [-0.3, -0.25) is 24.0 Å². The molecule has 1 aromatic heterocycles. The maximum absolute atomic E-state index is 13.4. The Labute approximate surface area is 181 Å². The molecule has 0 spiro atoms. The number of nitrogens with zero attached hydrogens (tertiary/aromatic N) is 2. The average molecular weight is 447 g/mol. The first-order chi connectivity index (χ1) is 14.8. The van der Waals surface area contributed by atoms with Gasteiger partial charge in [0.15, 0.2) is 5.69 Å². The van der Waals surface area contributed by atoms with Gasteiger partial charge in [0.2, 0.25) is 0 Å². The van der Waals surface area contributed by atoms with Crippen molar-refractivity contribution in [1.82, 2.24) is 9.55 Å². The van der Waals surface area contributed by atoms with Crippen LogP contribution in [0.1, 0.15) is 15.9 Å². The molecule has 0 saturated heterocycles. The van der Waals surface area contributed by atoms with E-state index in [0.29, 0.717) is 0 Å². The van der Waals surface area contributed by atoms with Crippen molar-refractivity contribution < 1.29 is 13.9 Å². The van der Waals surface area contributed by atoms with Crippen LogP contribution in [0.2, 0.25) is 5.02 Å². The minimum atomic E-state index is -0.838. The highest BCUT2D eigenvalue weighted by Crippen LogP contribution is 2.24. The van der Waals surface area contributed by atoms with Crippen LogP contribution in [0.25, 0.3) is 0 Å². The molecule has 162 valence electrons. The van der Waals surface area contributed by atoms with Gasteiger partial charge in [0.25, 0.3) is 11.5 Å². The molecule has 0 bridgehead atoms. The molecule has 0 unspecified atom stereocenters. The van der Waals surface area contributed by atoms with E-state index in [1.165, 1.54) is 13.2 Å². The van der Waals surface area contributed by atoms with Gasteiger partial charge < -0.3 is 10.5 Å². The van der Waals surface area contributed by atoms with E-state index in [9.17, 15) is 18.8 Å². The molecule has 1 heterocycles. The predicted molar refractivity (Wildman–Crippen MR) is 116 cm³/mol. The molecule has 3 aromatic rings. The topological polar surface area (TPSA) is 110 Å². The number of aromatic nitrogens is 2. The largest absolute Gasteiger partial charge is 0.383 e. The molecule has 0 aliphatic heterocycles. The molecule has 0 aliphatic carbocycles. The lowest BCUT2D eigenvalue weighted by Crippen LogP contribution is -2.42. The number of aromatic amines is 1. The van der Waals surface area contributed by atoms with E-state index in [0.717, 1.165) is 27.2 Å². The molecular weight excluding hydrogens is 427 g/mol. The van der Waals surface area contributed by atoms with Gasteiger partial charge in [-0.15, -0.1) is 0 Å². The number of amides is 1. The second-order valence-corrected chi connectivity index (χ2v) is 7.05. The number of carbonyl (C=O) groups excluding carboxylic acids is 1. The molecule has 0 radical (unpaired) electrons. The Hall–Kier alpha value is -3.43. The number of nitrogens with one attached hydrogen (secondary N) is 1. The van der Waals surface area contributed by atoms with Crippen molar-refractivity contribution in [3.63, 3.8) is 0 Å². The first kappa shape index (κ1) is 22.3. The normalized spacial score (nSPS) is 10.8. The van der Waals surface area contributed by atoms with E-state index in [-0.39, 0.29) is 41.8 Å². The summed E-state index contributed by atoms with van der Waals surface area (Å²) in [5.41, 5.74) is 5.16. The number of methoxy groups -OCH3 is 1. The van der Waals surface area contributed by atoms with Crippen molar-refractivity contribution in [2.24, 2.45) is 0 Å². The smallest absolute Gasteiger partial charge is 0.330 e. The van der Waals surface area contributed by atoms with Crippen LogP contribution in [-0.2, 0) is 11.3 Å². The molecule has 3 N–H and O–H groups in total. The summed E-state index contributed by atoms with van der Waals surface area (Å²) in [4.78, 5) is 41.6. The highest BCUT2D eigenvalue weighted by molar-refractivity contribution is 6.34. The van der Waals surface area contributed by atoms with Gasteiger partial charge in [0.05, 0.1) is 23.7 Å². The molecule has 8 nitrogen and oxygen atoms in total. The number of nitrogens with two attached hydrogens (primary N) is 1. The third-order valence-corrected chi connectivity index (χ3v) is 4.91. The minimum Gasteiger partial charge on any atom is -0.383 e. The summed E-state index contributed by atoms with van der Waals surface area (Å²) in [7, 11) is 1.43. The zero-order valence-electron chi connectivity index (χ0n) is 16.6. The minimum absolute atomic E-state index is 0.0289. The molecule has 0 atom stereocenters. The third-order valence-electron chi connectivity index (χ3n) is 4.59. The molecule has 10 heteroatoms. The van der Waals surface area contributed by atoms with Crippen molar-refractivity contribution in [2.45, 2.75) is 6.54 Å². The van der Waals surface area contributed by atoms with Crippen molar-refractivity contribution in [2.75, 3.05) is 30.9 Å². The van der Waals surface area contributed by atoms with E-state index in [2.05, 4.69) is 4.98 Å².